The zero-order chi connectivity index (χ0) is 18.4. The summed E-state index contributed by atoms with van der Waals surface area (Å²) in [4.78, 5) is 12.7. The highest BCUT2D eigenvalue weighted by atomic mass is 32.2. The van der Waals surface area contributed by atoms with Crippen molar-refractivity contribution in [3.63, 3.8) is 0 Å². The summed E-state index contributed by atoms with van der Waals surface area (Å²) in [6.07, 6.45) is 3.39. The number of carbonyl (C=O) groups excluding carboxylic acids is 1. The van der Waals surface area contributed by atoms with Gasteiger partial charge in [-0.3, -0.25) is 9.48 Å². The Bertz CT molecular complexity index is 919. The fourth-order valence-electron chi connectivity index (χ4n) is 2.71. The maximum absolute atomic E-state index is 12.6. The van der Waals surface area contributed by atoms with Crippen LogP contribution in [0.25, 0.3) is 0 Å². The topological polar surface area (TPSA) is 81.1 Å². The zero-order valence-electron chi connectivity index (χ0n) is 14.9. The van der Waals surface area contributed by atoms with Gasteiger partial charge in [-0.2, -0.15) is 5.10 Å². The maximum Gasteiger partial charge on any atom is 0.276 e. The Morgan fingerprint density at radius 3 is 2.48 bits per heavy atom. The molecule has 1 heterocycles. The molecule has 1 aliphatic rings. The van der Waals surface area contributed by atoms with Gasteiger partial charge < -0.3 is 5.32 Å². The Balaban J connectivity index is 1.87. The molecule has 3 rings (SSSR count). The van der Waals surface area contributed by atoms with Gasteiger partial charge in [-0.05, 0) is 57.9 Å². The van der Waals surface area contributed by atoms with E-state index >= 15 is 0 Å². The Morgan fingerprint density at radius 2 is 1.92 bits per heavy atom. The molecule has 1 amide bonds. The molecule has 1 aromatic carbocycles. The van der Waals surface area contributed by atoms with E-state index in [1.165, 1.54) is 12.1 Å². The van der Waals surface area contributed by atoms with Gasteiger partial charge in [0.15, 0.2) is 15.5 Å². The summed E-state index contributed by atoms with van der Waals surface area (Å²) < 4.78 is 25.2. The van der Waals surface area contributed by atoms with E-state index in [-0.39, 0.29) is 16.3 Å². The molecule has 134 valence electrons. The minimum Gasteiger partial charge on any atom is -0.321 e. The van der Waals surface area contributed by atoms with Crippen molar-refractivity contribution in [2.24, 2.45) is 0 Å². The van der Waals surface area contributed by atoms with Crippen molar-refractivity contribution < 1.29 is 13.2 Å². The summed E-state index contributed by atoms with van der Waals surface area (Å²) in [5, 5.41) is 7.24. The van der Waals surface area contributed by atoms with Gasteiger partial charge in [0.2, 0.25) is 0 Å². The highest BCUT2D eigenvalue weighted by Gasteiger charge is 2.32. The number of rotatable bonds is 4. The molecule has 1 aromatic heterocycles. The van der Waals surface area contributed by atoms with Crippen LogP contribution in [0.2, 0.25) is 0 Å². The lowest BCUT2D eigenvalue weighted by Crippen LogP contribution is -2.25. The minimum absolute atomic E-state index is 0.171. The molecule has 1 saturated carbocycles. The van der Waals surface area contributed by atoms with E-state index in [4.69, 9.17) is 0 Å². The second-order valence-electron chi connectivity index (χ2n) is 7.57. The summed E-state index contributed by atoms with van der Waals surface area (Å²) in [6.45, 7) is 6.18. The highest BCUT2D eigenvalue weighted by Crippen LogP contribution is 2.41. The zero-order valence-corrected chi connectivity index (χ0v) is 15.7. The predicted molar refractivity (Wildman–Crippen MR) is 96.7 cm³/mol. The summed E-state index contributed by atoms with van der Waals surface area (Å²) in [5.41, 5.74) is 1.67. The third kappa shape index (κ3) is 3.92. The van der Waals surface area contributed by atoms with Gasteiger partial charge in [-0.1, -0.05) is 6.07 Å². The van der Waals surface area contributed by atoms with Gasteiger partial charge in [0.05, 0.1) is 10.4 Å². The molecule has 0 atom stereocenters. The molecule has 2 aromatic rings. The summed E-state index contributed by atoms with van der Waals surface area (Å²) >= 11 is 0. The molecule has 0 aliphatic heterocycles. The van der Waals surface area contributed by atoms with Crippen LogP contribution >= 0.6 is 0 Å². The van der Waals surface area contributed by atoms with Gasteiger partial charge in [-0.25, -0.2) is 8.42 Å². The number of nitrogens with zero attached hydrogens (tertiary/aromatic N) is 2. The molecule has 1 fully saturated rings. The van der Waals surface area contributed by atoms with Crippen LogP contribution in [0.5, 0.6) is 0 Å². The molecular formula is C18H23N3O3S. The Kier molecular flexibility index (Phi) is 4.23. The van der Waals surface area contributed by atoms with E-state index in [0.717, 1.165) is 24.8 Å². The molecule has 1 N–H and O–H groups in total. The Hall–Kier alpha value is -2.15. The van der Waals surface area contributed by atoms with E-state index in [1.807, 2.05) is 10.7 Å². The Labute approximate surface area is 148 Å². The fourth-order valence-corrected chi connectivity index (χ4v) is 3.38. The standard InChI is InChI=1S/C18H23N3O3S/c1-18(2,3)21-16(12-8-9-12)11-15(20-21)17(22)19-13-6-5-7-14(10-13)25(4,23)24/h5-7,10-12H,8-9H2,1-4H3,(H,19,22). The molecule has 0 unspecified atom stereocenters. The average Bonchev–Trinajstić information content (AvgIpc) is 3.23. The molecule has 1 aliphatic carbocycles. The van der Waals surface area contributed by atoms with Gasteiger partial charge >= 0.3 is 0 Å². The van der Waals surface area contributed by atoms with Crippen molar-refractivity contribution in [1.82, 2.24) is 9.78 Å². The number of benzene rings is 1. The smallest absolute Gasteiger partial charge is 0.276 e. The van der Waals surface area contributed by atoms with Crippen molar-refractivity contribution >= 4 is 21.4 Å². The third-order valence-electron chi connectivity index (χ3n) is 4.12. The lowest BCUT2D eigenvalue weighted by molar-refractivity contribution is 0.102. The second-order valence-corrected chi connectivity index (χ2v) is 9.58. The van der Waals surface area contributed by atoms with Crippen LogP contribution in [-0.2, 0) is 15.4 Å². The number of anilines is 1. The maximum atomic E-state index is 12.6. The number of carbonyl (C=O) groups is 1. The lowest BCUT2D eigenvalue weighted by Gasteiger charge is -2.22. The van der Waals surface area contributed by atoms with Crippen molar-refractivity contribution in [3.05, 3.63) is 41.7 Å². The molecule has 0 bridgehead atoms. The highest BCUT2D eigenvalue weighted by molar-refractivity contribution is 7.90. The first-order valence-electron chi connectivity index (χ1n) is 8.27. The lowest BCUT2D eigenvalue weighted by atomic mass is 10.1. The van der Waals surface area contributed by atoms with Crippen molar-refractivity contribution in [1.29, 1.82) is 0 Å². The normalized spacial score (nSPS) is 15.2. The number of hydrogen-bond donors (Lipinski definition) is 1. The molecule has 25 heavy (non-hydrogen) atoms. The van der Waals surface area contributed by atoms with Crippen molar-refractivity contribution in [3.8, 4) is 0 Å². The van der Waals surface area contributed by atoms with Crippen LogP contribution < -0.4 is 5.32 Å². The molecule has 0 radical (unpaired) electrons. The number of amides is 1. The van der Waals surface area contributed by atoms with Crippen LogP contribution in [0.1, 0.15) is 55.7 Å². The van der Waals surface area contributed by atoms with Crippen LogP contribution in [0, 0.1) is 0 Å². The van der Waals surface area contributed by atoms with Crippen molar-refractivity contribution in [2.45, 2.75) is 50.0 Å². The predicted octanol–water partition coefficient (Wildman–Crippen LogP) is 3.17. The quantitative estimate of drug-likeness (QED) is 0.907. The molecule has 0 spiro atoms. The molecule has 6 nitrogen and oxygen atoms in total. The fraction of sp³-hybridized carbons (Fsp3) is 0.444. The first-order chi connectivity index (χ1) is 11.6. The van der Waals surface area contributed by atoms with E-state index in [1.54, 1.807) is 12.1 Å². The number of nitrogens with one attached hydrogen (secondary N) is 1. The number of aromatic nitrogens is 2. The second kappa shape index (κ2) is 5.98. The summed E-state index contributed by atoms with van der Waals surface area (Å²) in [5.74, 6) is 0.136. The van der Waals surface area contributed by atoms with E-state index < -0.39 is 9.84 Å². The van der Waals surface area contributed by atoms with Gasteiger partial charge in [0, 0.05) is 23.6 Å². The number of hydrogen-bond acceptors (Lipinski definition) is 4. The van der Waals surface area contributed by atoms with E-state index in [0.29, 0.717) is 17.3 Å². The van der Waals surface area contributed by atoms with Crippen LogP contribution in [0.15, 0.2) is 35.2 Å². The van der Waals surface area contributed by atoms with E-state index in [9.17, 15) is 13.2 Å². The van der Waals surface area contributed by atoms with E-state index in [2.05, 4.69) is 31.2 Å². The number of sulfone groups is 1. The SMILES string of the molecule is CC(C)(C)n1nc(C(=O)Nc2cccc(S(C)(=O)=O)c2)cc1C1CC1. The average molecular weight is 361 g/mol. The molecule has 0 saturated heterocycles. The Morgan fingerprint density at radius 1 is 1.24 bits per heavy atom. The third-order valence-corrected chi connectivity index (χ3v) is 5.23. The van der Waals surface area contributed by atoms with Crippen molar-refractivity contribution in [2.75, 3.05) is 11.6 Å². The minimum atomic E-state index is -3.32. The monoisotopic (exact) mass is 361 g/mol. The van der Waals surface area contributed by atoms with Gasteiger partial charge in [0.1, 0.15) is 0 Å². The van der Waals surface area contributed by atoms with Gasteiger partial charge in [0.25, 0.3) is 5.91 Å². The first-order valence-corrected chi connectivity index (χ1v) is 10.2. The van der Waals surface area contributed by atoms with Gasteiger partial charge in [-0.15, -0.1) is 0 Å². The molecular weight excluding hydrogens is 338 g/mol. The summed E-state index contributed by atoms with van der Waals surface area (Å²) in [6, 6.07) is 8.07. The van der Waals surface area contributed by atoms with Crippen LogP contribution in [-0.4, -0.2) is 30.4 Å². The van der Waals surface area contributed by atoms with Crippen LogP contribution in [0.4, 0.5) is 5.69 Å². The molecule has 7 heteroatoms. The van der Waals surface area contributed by atoms with Crippen LogP contribution in [0.3, 0.4) is 0 Å². The first kappa shape index (κ1) is 17.7. The summed E-state index contributed by atoms with van der Waals surface area (Å²) in [7, 11) is -3.32. The largest absolute Gasteiger partial charge is 0.321 e.